The number of hydrogen-bond donors (Lipinski definition) is 5. The summed E-state index contributed by atoms with van der Waals surface area (Å²) in [5.41, 5.74) is 5.18. The van der Waals surface area contributed by atoms with Gasteiger partial charge in [0.15, 0.2) is 5.82 Å². The molecule has 24 nitrogen and oxygen atoms in total. The molecule has 5 heterocycles. The molecule has 8 amide bonds. The Morgan fingerprint density at radius 3 is 2.31 bits per heavy atom. The first-order valence-electron chi connectivity index (χ1n) is 26.6. The number of anilines is 2. The van der Waals surface area contributed by atoms with Crippen LogP contribution >= 0.6 is 11.8 Å². The van der Waals surface area contributed by atoms with E-state index in [4.69, 9.17) is 18.9 Å². The summed E-state index contributed by atoms with van der Waals surface area (Å²) in [6.07, 6.45) is 7.52. The molecule has 1 unspecified atom stereocenters. The maximum absolute atomic E-state index is 13.3. The number of nitrogens with one attached hydrogen (secondary N) is 5. The number of carbonyl (C=O) groups excluding carboxylic acids is 9. The molecule has 432 valence electrons. The Hall–Kier alpha value is -8.16. The molecule has 0 spiro atoms. The van der Waals surface area contributed by atoms with Gasteiger partial charge in [-0.1, -0.05) is 24.3 Å². The molecule has 0 saturated carbocycles. The molecule has 0 aliphatic carbocycles. The normalized spacial score (nSPS) is 16.3. The maximum Gasteiger partial charge on any atom is 0.328 e. The molecular weight excluding hydrogens is 1070 g/mol. The second-order valence-corrected chi connectivity index (χ2v) is 20.9. The Bertz CT molecular complexity index is 3060. The van der Waals surface area contributed by atoms with Crippen molar-refractivity contribution in [3.05, 3.63) is 89.7 Å². The maximum atomic E-state index is 13.3. The van der Waals surface area contributed by atoms with Crippen LogP contribution in [0.25, 0.3) is 11.1 Å². The first-order chi connectivity index (χ1) is 38.8. The Labute approximate surface area is 473 Å². The predicted octanol–water partition coefficient (Wildman–Crippen LogP) is 3.86. The first-order valence-corrected chi connectivity index (χ1v) is 27.8. The van der Waals surface area contributed by atoms with E-state index in [2.05, 4.69) is 43.1 Å². The number of ether oxygens (including phenoxy) is 4. The average molecular weight is 1140 g/mol. The quantitative estimate of drug-likeness (QED) is 0.0234. The smallest absolute Gasteiger partial charge is 0.328 e. The number of benzene rings is 2. The number of esters is 1. The number of aryl methyl sites for hydroxylation is 3. The molecule has 3 aliphatic heterocycles. The third-order valence-corrected chi connectivity index (χ3v) is 14.3. The van der Waals surface area contributed by atoms with Gasteiger partial charge in [-0.25, -0.2) is 9.78 Å². The highest BCUT2D eigenvalue weighted by molar-refractivity contribution is 8.00. The molecule has 5 N–H and O–H groups in total. The lowest BCUT2D eigenvalue weighted by Gasteiger charge is -2.20. The number of likely N-dealkylation sites (tertiary alicyclic amines) is 1. The second-order valence-electron chi connectivity index (χ2n) is 19.8. The van der Waals surface area contributed by atoms with E-state index in [1.807, 2.05) is 6.92 Å². The molecule has 2 aromatic heterocycles. The number of fused-ring (bicyclic) bond motifs is 2. The van der Waals surface area contributed by atoms with Crippen molar-refractivity contribution in [3.63, 3.8) is 0 Å². The average Bonchev–Trinajstić information content (AvgIpc) is 4.19. The fourth-order valence-corrected chi connectivity index (χ4v) is 9.66. The number of imide groups is 1. The lowest BCUT2D eigenvalue weighted by atomic mass is 10.1. The Balaban J connectivity index is 0.744. The zero-order valence-corrected chi connectivity index (χ0v) is 47.1. The number of nitrogens with zero attached hydrogens (tertiary/aromatic N) is 6. The van der Waals surface area contributed by atoms with Crippen molar-refractivity contribution in [2.24, 2.45) is 19.1 Å². The van der Waals surface area contributed by atoms with Gasteiger partial charge < -0.3 is 59.6 Å². The van der Waals surface area contributed by atoms with Gasteiger partial charge in [0.2, 0.25) is 35.4 Å². The Morgan fingerprint density at radius 1 is 0.815 bits per heavy atom. The summed E-state index contributed by atoms with van der Waals surface area (Å²) in [4.78, 5) is 126. The van der Waals surface area contributed by atoms with E-state index in [-0.39, 0.29) is 131 Å². The molecule has 4 atom stereocenters. The van der Waals surface area contributed by atoms with Gasteiger partial charge in [0.05, 0.1) is 62.1 Å². The van der Waals surface area contributed by atoms with E-state index in [9.17, 15) is 43.2 Å². The summed E-state index contributed by atoms with van der Waals surface area (Å²) >= 11 is 1.32. The first kappa shape index (κ1) is 60.5. The number of aromatic nitrogens is 3. The molecular formula is C56H69N11O13S. The van der Waals surface area contributed by atoms with Crippen molar-refractivity contribution in [1.82, 2.24) is 39.9 Å². The molecule has 3 aliphatic rings. The van der Waals surface area contributed by atoms with Crippen molar-refractivity contribution in [3.8, 4) is 16.9 Å². The van der Waals surface area contributed by atoms with Crippen LogP contribution in [0, 0.1) is 6.92 Å². The van der Waals surface area contributed by atoms with Crippen molar-refractivity contribution in [1.29, 1.82) is 0 Å². The largest absolute Gasteiger partial charge is 0.493 e. The van der Waals surface area contributed by atoms with Crippen LogP contribution in [0.1, 0.15) is 89.4 Å². The molecule has 2 fully saturated rings. The molecule has 4 aromatic rings. The summed E-state index contributed by atoms with van der Waals surface area (Å²) in [5.74, 6) is -2.38. The second kappa shape index (κ2) is 28.3. The Kier molecular flexibility index (Phi) is 21.1. The summed E-state index contributed by atoms with van der Waals surface area (Å²) in [5, 5.41) is 13.2. The summed E-state index contributed by atoms with van der Waals surface area (Å²) < 4.78 is 25.5. The van der Waals surface area contributed by atoms with Crippen LogP contribution in [0.5, 0.6) is 5.75 Å². The number of amides is 8. The van der Waals surface area contributed by atoms with Gasteiger partial charge in [-0.05, 0) is 75.3 Å². The van der Waals surface area contributed by atoms with Crippen molar-refractivity contribution in [2.45, 2.75) is 82.7 Å². The third kappa shape index (κ3) is 16.5. The van der Waals surface area contributed by atoms with Crippen LogP contribution in [-0.4, -0.2) is 172 Å². The van der Waals surface area contributed by atoms with Gasteiger partial charge in [0.25, 0.3) is 17.7 Å². The minimum absolute atomic E-state index is 0.000338. The van der Waals surface area contributed by atoms with E-state index in [0.29, 0.717) is 47.8 Å². The minimum atomic E-state index is -0.963. The number of rotatable bonds is 28. The molecule has 2 aromatic carbocycles. The van der Waals surface area contributed by atoms with Crippen LogP contribution in [0.15, 0.2) is 72.0 Å². The van der Waals surface area contributed by atoms with Crippen molar-refractivity contribution >= 4 is 88.4 Å². The SMILES string of the molecule is C=C1C[C@H]2C=Nc3cc(OCCCC(=O)Nc4cn(C)c(C(=O)Nc5ccc(-c6cc(C(=O)NC[C@H](C)OC(=O)[C@H](C)NC(=O)CCOCCOCCNC(=O)CCN7C(=O)CC(SC)C7=O)n(C)c6)cc5)n4)c(C)cc3C(=O)N2C1. The summed E-state index contributed by atoms with van der Waals surface area (Å²) in [6, 6.07) is 11.2. The van der Waals surface area contributed by atoms with Crippen LogP contribution < -0.4 is 31.3 Å². The van der Waals surface area contributed by atoms with Crippen molar-refractivity contribution < 1.29 is 62.1 Å². The summed E-state index contributed by atoms with van der Waals surface area (Å²) in [6.45, 7) is 10.7. The fraction of sp³-hybridized carbons (Fsp3) is 0.446. The third-order valence-electron chi connectivity index (χ3n) is 13.4. The van der Waals surface area contributed by atoms with Gasteiger partial charge in [-0.15, -0.1) is 0 Å². The van der Waals surface area contributed by atoms with Crippen molar-refractivity contribution in [2.75, 3.05) is 76.1 Å². The highest BCUT2D eigenvalue weighted by Gasteiger charge is 2.38. The lowest BCUT2D eigenvalue weighted by molar-refractivity contribution is -0.151. The van der Waals surface area contributed by atoms with E-state index in [1.165, 1.54) is 23.3 Å². The summed E-state index contributed by atoms with van der Waals surface area (Å²) in [7, 11) is 3.36. The van der Waals surface area contributed by atoms with E-state index in [0.717, 1.165) is 27.2 Å². The standard InChI is InChI=1S/C56H69N11O13S/c1-33-23-40-29-58-42-26-44(34(2)24-41(42)54(74)67(40)30-33)79-18-8-9-48(69)62-46-32-65(6)51(63-46)53(73)61-39-12-10-37(11-13-39)38-25-43(64(5)31-38)52(72)59-28-35(3)80-56(76)36(4)60-49(70)15-19-77-21-22-78-20-16-57-47(68)14-17-66-50(71)27-45(81-7)55(66)75/h10-13,24-26,29,31-32,35-36,40,45H,1,8-9,14-23,27-28,30H2,2-7H3,(H,57,68)(H,59,72)(H,60,70)(H,61,73)(H,62,69)/t35-,36-,40-,45?/m0/s1. The molecule has 2 saturated heterocycles. The number of thioether (sulfide) groups is 1. The lowest BCUT2D eigenvalue weighted by Crippen LogP contribution is -2.42. The monoisotopic (exact) mass is 1140 g/mol. The zero-order chi connectivity index (χ0) is 58.3. The number of aliphatic imine (C=N–C) groups is 1. The molecule has 0 radical (unpaired) electrons. The van der Waals surface area contributed by atoms with Gasteiger partial charge in [-0.3, -0.25) is 48.2 Å². The zero-order valence-electron chi connectivity index (χ0n) is 46.3. The van der Waals surface area contributed by atoms with Gasteiger partial charge in [0, 0.05) is 95.3 Å². The Morgan fingerprint density at radius 2 is 1.57 bits per heavy atom. The highest BCUT2D eigenvalue weighted by Crippen LogP contribution is 2.35. The van der Waals surface area contributed by atoms with E-state index >= 15 is 0 Å². The van der Waals surface area contributed by atoms with Gasteiger partial charge in [0.1, 0.15) is 23.6 Å². The topological polar surface area (TPSA) is 292 Å². The van der Waals surface area contributed by atoms with Gasteiger partial charge >= 0.3 is 5.97 Å². The van der Waals surface area contributed by atoms with Crippen LogP contribution in [-0.2, 0) is 57.1 Å². The molecule has 0 bridgehead atoms. The number of carbonyl (C=O) groups is 9. The molecule has 7 rings (SSSR count). The highest BCUT2D eigenvalue weighted by atomic mass is 32.2. The number of hydrogen-bond acceptors (Lipinski definition) is 16. The van der Waals surface area contributed by atoms with E-state index in [1.54, 1.807) is 97.8 Å². The van der Waals surface area contributed by atoms with Crippen LogP contribution in [0.3, 0.4) is 0 Å². The van der Waals surface area contributed by atoms with E-state index < -0.39 is 35.8 Å². The fourth-order valence-electron chi connectivity index (χ4n) is 9.02. The van der Waals surface area contributed by atoms with Crippen LogP contribution in [0.2, 0.25) is 0 Å². The number of imidazole rings is 1. The molecule has 81 heavy (non-hydrogen) atoms. The van der Waals surface area contributed by atoms with Crippen LogP contribution in [0.4, 0.5) is 17.2 Å². The molecule has 25 heteroatoms. The predicted molar refractivity (Wildman–Crippen MR) is 301 cm³/mol. The van der Waals surface area contributed by atoms with Gasteiger partial charge in [-0.2, -0.15) is 11.8 Å². The minimum Gasteiger partial charge on any atom is -0.493 e.